The van der Waals surface area contributed by atoms with Crippen LogP contribution in [0.1, 0.15) is 65.7 Å². The highest BCUT2D eigenvalue weighted by atomic mass is 16.5. The number of aliphatic hydroxyl groups excluding tert-OH is 2. The number of carbonyl (C=O) groups excluding carboxylic acids is 1. The van der Waals surface area contributed by atoms with E-state index in [2.05, 4.69) is 26.1 Å². The molecule has 5 heteroatoms. The molecule has 3 N–H and O–H groups in total. The molecule has 0 aromatic heterocycles. The lowest BCUT2D eigenvalue weighted by molar-refractivity contribution is -0.155. The van der Waals surface area contributed by atoms with Gasteiger partial charge in [0, 0.05) is 25.0 Å². The van der Waals surface area contributed by atoms with Crippen molar-refractivity contribution in [3.63, 3.8) is 0 Å². The lowest BCUT2D eigenvalue weighted by Gasteiger charge is -2.56. The molecule has 2 fully saturated rings. The number of esters is 1. The molecule has 2 aliphatic rings. The quantitative estimate of drug-likeness (QED) is 0.437. The zero-order chi connectivity index (χ0) is 18.6. The maximum atomic E-state index is 12.0. The third-order valence-corrected chi connectivity index (χ3v) is 6.17. The van der Waals surface area contributed by atoms with Crippen LogP contribution in [0.4, 0.5) is 0 Å². The smallest absolute Gasteiger partial charge is 0.305 e. The summed E-state index contributed by atoms with van der Waals surface area (Å²) in [4.78, 5) is 12.0. The molecule has 2 saturated carbocycles. The number of hydrogen-bond donors (Lipinski definition) is 3. The number of nitrogens with one attached hydrogen (secondary N) is 1. The van der Waals surface area contributed by atoms with Gasteiger partial charge in [-0.25, -0.2) is 0 Å². The fraction of sp³-hybridized carbons (Fsp3) is 0.950. The van der Waals surface area contributed by atoms with Crippen LogP contribution in [0.25, 0.3) is 0 Å². The highest BCUT2D eigenvalue weighted by Gasteiger charge is 2.53. The summed E-state index contributed by atoms with van der Waals surface area (Å²) in [5.41, 5.74) is -0.291. The molecule has 146 valence electrons. The van der Waals surface area contributed by atoms with Crippen LogP contribution in [-0.2, 0) is 9.53 Å². The fourth-order valence-corrected chi connectivity index (χ4v) is 5.65. The summed E-state index contributed by atoms with van der Waals surface area (Å²) in [6.07, 6.45) is 6.03. The standard InChI is InChI=1S/C20H37NO4/c1-4-21-7-5-6-17(24)25-15-19(3)9-16-8-18(2,13-22)11-20(10-16,12-19)14-23/h16,21-23H,4-15H2,1-3H3. The van der Waals surface area contributed by atoms with E-state index in [0.29, 0.717) is 18.9 Å². The van der Waals surface area contributed by atoms with Gasteiger partial charge in [0.05, 0.1) is 6.61 Å². The molecular weight excluding hydrogens is 318 g/mol. The molecule has 4 unspecified atom stereocenters. The Balaban J connectivity index is 1.91. The molecule has 0 saturated heterocycles. The molecule has 0 spiro atoms. The van der Waals surface area contributed by atoms with Crippen molar-refractivity contribution in [2.75, 3.05) is 32.9 Å². The van der Waals surface area contributed by atoms with Gasteiger partial charge in [-0.05, 0) is 68.4 Å². The minimum Gasteiger partial charge on any atom is -0.465 e. The summed E-state index contributed by atoms with van der Waals surface area (Å²) >= 11 is 0. The molecule has 0 heterocycles. The molecule has 2 aliphatic carbocycles. The summed E-state index contributed by atoms with van der Waals surface area (Å²) in [6, 6.07) is 0. The molecule has 0 aromatic rings. The maximum Gasteiger partial charge on any atom is 0.305 e. The Bertz CT molecular complexity index is 455. The number of ether oxygens (including phenoxy) is 1. The predicted octanol–water partition coefficient (Wildman–Crippen LogP) is 2.50. The van der Waals surface area contributed by atoms with Gasteiger partial charge in [0.1, 0.15) is 0 Å². The van der Waals surface area contributed by atoms with E-state index < -0.39 is 0 Å². The van der Waals surface area contributed by atoms with Gasteiger partial charge in [0.25, 0.3) is 0 Å². The Morgan fingerprint density at radius 2 is 1.80 bits per heavy atom. The first-order valence-electron chi connectivity index (χ1n) is 9.86. The van der Waals surface area contributed by atoms with E-state index in [-0.39, 0.29) is 35.4 Å². The minimum atomic E-state index is -0.134. The molecule has 0 aromatic carbocycles. The monoisotopic (exact) mass is 355 g/mol. The van der Waals surface area contributed by atoms with Gasteiger partial charge < -0.3 is 20.3 Å². The second-order valence-corrected chi connectivity index (χ2v) is 9.39. The lowest BCUT2D eigenvalue weighted by atomic mass is 9.49. The van der Waals surface area contributed by atoms with Gasteiger partial charge >= 0.3 is 5.97 Å². The Hall–Kier alpha value is -0.650. The third-order valence-electron chi connectivity index (χ3n) is 6.17. The maximum absolute atomic E-state index is 12.0. The molecule has 5 nitrogen and oxygen atoms in total. The van der Waals surface area contributed by atoms with Crippen molar-refractivity contribution >= 4 is 5.97 Å². The summed E-state index contributed by atoms with van der Waals surface area (Å²) in [6.45, 7) is 8.93. The van der Waals surface area contributed by atoms with Gasteiger partial charge in [0.15, 0.2) is 0 Å². The highest BCUT2D eigenvalue weighted by molar-refractivity contribution is 5.69. The number of fused-ring (bicyclic) bond motifs is 2. The van der Waals surface area contributed by atoms with Gasteiger partial charge in [-0.1, -0.05) is 20.8 Å². The topological polar surface area (TPSA) is 78.8 Å². The Kier molecular flexibility index (Phi) is 6.91. The SMILES string of the molecule is CCNCCCC(=O)OCC1(C)CC2CC(C)(CO)CC(CO)(C2)C1. The lowest BCUT2D eigenvalue weighted by Crippen LogP contribution is -2.51. The number of rotatable bonds is 9. The second kappa shape index (κ2) is 8.36. The second-order valence-electron chi connectivity index (χ2n) is 9.39. The normalized spacial score (nSPS) is 37.7. The van der Waals surface area contributed by atoms with Crippen LogP contribution < -0.4 is 5.32 Å². The van der Waals surface area contributed by atoms with Crippen LogP contribution in [0, 0.1) is 22.2 Å². The van der Waals surface area contributed by atoms with E-state index in [1.165, 1.54) is 0 Å². The zero-order valence-corrected chi connectivity index (χ0v) is 16.3. The molecule has 4 atom stereocenters. The molecule has 0 amide bonds. The van der Waals surface area contributed by atoms with E-state index in [9.17, 15) is 15.0 Å². The third kappa shape index (κ3) is 5.41. The molecular formula is C20H37NO4. The first kappa shape index (κ1) is 20.7. The van der Waals surface area contributed by atoms with Gasteiger partial charge in [-0.2, -0.15) is 0 Å². The first-order valence-corrected chi connectivity index (χ1v) is 9.86. The molecule has 25 heavy (non-hydrogen) atoms. The van der Waals surface area contributed by atoms with E-state index in [1.54, 1.807) is 0 Å². The Morgan fingerprint density at radius 1 is 1.12 bits per heavy atom. The molecule has 0 radical (unpaired) electrons. The average molecular weight is 356 g/mol. The van der Waals surface area contributed by atoms with Crippen molar-refractivity contribution in [2.24, 2.45) is 22.2 Å². The van der Waals surface area contributed by atoms with E-state index in [1.807, 2.05) is 0 Å². The average Bonchev–Trinajstić information content (AvgIpc) is 2.56. The van der Waals surface area contributed by atoms with Crippen LogP contribution in [0.5, 0.6) is 0 Å². The Morgan fingerprint density at radius 3 is 2.44 bits per heavy atom. The van der Waals surface area contributed by atoms with Crippen LogP contribution in [-0.4, -0.2) is 49.1 Å². The number of carbonyl (C=O) groups is 1. The van der Waals surface area contributed by atoms with Gasteiger partial charge in [-0.15, -0.1) is 0 Å². The van der Waals surface area contributed by atoms with E-state index >= 15 is 0 Å². The minimum absolute atomic E-state index is 0.0697. The zero-order valence-electron chi connectivity index (χ0n) is 16.3. The summed E-state index contributed by atoms with van der Waals surface area (Å²) in [5.74, 6) is 0.373. The predicted molar refractivity (Wildman–Crippen MR) is 98.1 cm³/mol. The van der Waals surface area contributed by atoms with Gasteiger partial charge in [0.2, 0.25) is 0 Å². The van der Waals surface area contributed by atoms with E-state index in [4.69, 9.17) is 4.74 Å². The molecule has 2 rings (SSSR count). The van der Waals surface area contributed by atoms with Crippen LogP contribution >= 0.6 is 0 Å². The van der Waals surface area contributed by atoms with Crippen molar-refractivity contribution < 1.29 is 19.7 Å². The fourth-order valence-electron chi connectivity index (χ4n) is 5.65. The summed E-state index contributed by atoms with van der Waals surface area (Å²) in [7, 11) is 0. The highest BCUT2D eigenvalue weighted by Crippen LogP contribution is 2.60. The van der Waals surface area contributed by atoms with Gasteiger partial charge in [-0.3, -0.25) is 4.79 Å². The van der Waals surface area contributed by atoms with Crippen LogP contribution in [0.2, 0.25) is 0 Å². The van der Waals surface area contributed by atoms with Crippen LogP contribution in [0.15, 0.2) is 0 Å². The summed E-state index contributed by atoms with van der Waals surface area (Å²) in [5, 5.41) is 23.1. The van der Waals surface area contributed by atoms with E-state index in [0.717, 1.165) is 51.6 Å². The van der Waals surface area contributed by atoms with Crippen molar-refractivity contribution in [2.45, 2.75) is 65.7 Å². The number of hydrogen-bond acceptors (Lipinski definition) is 5. The largest absolute Gasteiger partial charge is 0.465 e. The first-order chi connectivity index (χ1) is 11.8. The number of aliphatic hydroxyl groups is 2. The van der Waals surface area contributed by atoms with Crippen molar-refractivity contribution in [1.82, 2.24) is 5.32 Å². The summed E-state index contributed by atoms with van der Waals surface area (Å²) < 4.78 is 5.60. The molecule has 0 aliphatic heterocycles. The Labute approximate surface area is 152 Å². The van der Waals surface area contributed by atoms with Crippen molar-refractivity contribution in [1.29, 1.82) is 0 Å². The van der Waals surface area contributed by atoms with Crippen molar-refractivity contribution in [3.8, 4) is 0 Å². The molecule has 2 bridgehead atoms. The van der Waals surface area contributed by atoms with Crippen molar-refractivity contribution in [3.05, 3.63) is 0 Å². The van der Waals surface area contributed by atoms with Crippen LogP contribution in [0.3, 0.4) is 0 Å².